The predicted molar refractivity (Wildman–Crippen MR) is 121 cm³/mol. The Morgan fingerprint density at radius 2 is 2.03 bits per heavy atom. The number of aromatic nitrogens is 1. The van der Waals surface area contributed by atoms with Gasteiger partial charge in [0.05, 0.1) is 5.52 Å². The number of H-pyrrole nitrogens is 1. The van der Waals surface area contributed by atoms with E-state index in [9.17, 15) is 9.18 Å². The molecule has 6 heteroatoms. The molecule has 4 rings (SSSR count). The summed E-state index contributed by atoms with van der Waals surface area (Å²) in [5.41, 5.74) is 3.75. The zero-order valence-electron chi connectivity index (χ0n) is 18.0. The van der Waals surface area contributed by atoms with E-state index in [0.29, 0.717) is 28.6 Å². The largest absolute Gasteiger partial charge is 0.371 e. The van der Waals surface area contributed by atoms with Crippen LogP contribution in [-0.2, 0) is 0 Å². The van der Waals surface area contributed by atoms with Crippen molar-refractivity contribution >= 4 is 28.2 Å². The number of hydrogen-bond donors (Lipinski definition) is 2. The molecule has 0 saturated carbocycles. The maximum Gasteiger partial charge on any atom is 0.272 e. The Hall–Kier alpha value is -2.86. The fourth-order valence-electron chi connectivity index (χ4n) is 4.56. The lowest BCUT2D eigenvalue weighted by atomic mass is 9.92. The van der Waals surface area contributed by atoms with Crippen LogP contribution in [0.15, 0.2) is 42.5 Å². The van der Waals surface area contributed by atoms with E-state index in [1.54, 1.807) is 12.1 Å². The second-order valence-electron chi connectivity index (χ2n) is 8.58. The highest BCUT2D eigenvalue weighted by atomic mass is 19.1. The minimum atomic E-state index is -0.330. The Kier molecular flexibility index (Phi) is 5.52. The van der Waals surface area contributed by atoms with Gasteiger partial charge >= 0.3 is 0 Å². The molecule has 0 aliphatic carbocycles. The lowest BCUT2D eigenvalue weighted by Crippen LogP contribution is -2.47. The first-order chi connectivity index (χ1) is 14.3. The highest BCUT2D eigenvalue weighted by Crippen LogP contribution is 2.28. The maximum atomic E-state index is 14.1. The number of halogens is 1. The van der Waals surface area contributed by atoms with Crippen molar-refractivity contribution < 1.29 is 9.18 Å². The average molecular weight is 409 g/mol. The van der Waals surface area contributed by atoms with Crippen LogP contribution in [0, 0.1) is 18.7 Å². The van der Waals surface area contributed by atoms with Crippen LogP contribution >= 0.6 is 0 Å². The van der Waals surface area contributed by atoms with Crippen molar-refractivity contribution in [2.24, 2.45) is 5.92 Å². The first-order valence-electron chi connectivity index (χ1n) is 10.4. The van der Waals surface area contributed by atoms with Crippen LogP contribution in [0.5, 0.6) is 0 Å². The molecular weight excluding hydrogens is 379 g/mol. The number of benzene rings is 2. The van der Waals surface area contributed by atoms with Crippen molar-refractivity contribution in [3.63, 3.8) is 0 Å². The molecule has 1 amide bonds. The van der Waals surface area contributed by atoms with Gasteiger partial charge in [-0.15, -0.1) is 0 Å². The first-order valence-corrected chi connectivity index (χ1v) is 10.4. The molecule has 0 bridgehead atoms. The molecule has 0 spiro atoms. The number of anilines is 2. The molecule has 158 valence electrons. The molecule has 2 heterocycles. The number of piperidine rings is 1. The molecule has 0 unspecified atom stereocenters. The molecule has 2 aromatic carbocycles. The SMILES string of the molecule is Cc1ccc(F)c2cc(C(=O)Nc3cccc(N4CC[C@H](N(C)C)[C@H](C)C4)c3)[nH]c12. The fraction of sp³-hybridized carbons (Fsp3) is 0.375. The van der Waals surface area contributed by atoms with Crippen LogP contribution in [-0.4, -0.2) is 49.0 Å². The topological polar surface area (TPSA) is 51.4 Å². The summed E-state index contributed by atoms with van der Waals surface area (Å²) >= 11 is 0. The zero-order chi connectivity index (χ0) is 21.4. The van der Waals surface area contributed by atoms with Crippen LogP contribution < -0.4 is 10.2 Å². The summed E-state index contributed by atoms with van der Waals surface area (Å²) in [6.07, 6.45) is 1.12. The molecule has 2 N–H and O–H groups in total. The summed E-state index contributed by atoms with van der Waals surface area (Å²) in [7, 11) is 4.29. The fourth-order valence-corrected chi connectivity index (χ4v) is 4.56. The lowest BCUT2D eigenvalue weighted by Gasteiger charge is -2.41. The number of carbonyl (C=O) groups excluding carboxylic acids is 1. The number of aryl methyl sites for hydroxylation is 1. The Morgan fingerprint density at radius 1 is 1.23 bits per heavy atom. The van der Waals surface area contributed by atoms with Gasteiger partial charge in [-0.1, -0.05) is 19.1 Å². The quantitative estimate of drug-likeness (QED) is 0.661. The van der Waals surface area contributed by atoms with Crippen molar-refractivity contribution in [1.82, 2.24) is 9.88 Å². The van der Waals surface area contributed by atoms with E-state index in [0.717, 1.165) is 36.4 Å². The summed E-state index contributed by atoms with van der Waals surface area (Å²) in [5, 5.41) is 3.38. The van der Waals surface area contributed by atoms with Gasteiger partial charge in [-0.2, -0.15) is 0 Å². The summed E-state index contributed by atoms with van der Waals surface area (Å²) < 4.78 is 14.1. The predicted octanol–water partition coefficient (Wildman–Crippen LogP) is 4.64. The Morgan fingerprint density at radius 3 is 2.73 bits per heavy atom. The minimum absolute atomic E-state index is 0.276. The number of nitrogens with one attached hydrogen (secondary N) is 2. The first kappa shape index (κ1) is 20.4. The molecule has 1 aliphatic rings. The third-order valence-electron chi connectivity index (χ3n) is 6.19. The van der Waals surface area contributed by atoms with E-state index in [1.165, 1.54) is 6.07 Å². The monoisotopic (exact) mass is 408 g/mol. The van der Waals surface area contributed by atoms with Crippen molar-refractivity contribution in [2.75, 3.05) is 37.4 Å². The molecule has 1 saturated heterocycles. The highest BCUT2D eigenvalue weighted by Gasteiger charge is 2.27. The summed E-state index contributed by atoms with van der Waals surface area (Å²) in [6, 6.07) is 13.2. The Labute approximate surface area is 176 Å². The molecule has 2 atom stereocenters. The van der Waals surface area contributed by atoms with Crippen LogP contribution in [0.4, 0.5) is 15.8 Å². The number of carbonyl (C=O) groups is 1. The van der Waals surface area contributed by atoms with Gasteiger partial charge in [0.25, 0.3) is 5.91 Å². The van der Waals surface area contributed by atoms with Gasteiger partial charge in [-0.25, -0.2) is 4.39 Å². The smallest absolute Gasteiger partial charge is 0.272 e. The van der Waals surface area contributed by atoms with Crippen LogP contribution in [0.3, 0.4) is 0 Å². The van der Waals surface area contributed by atoms with Gasteiger partial charge in [0.2, 0.25) is 0 Å². The molecule has 30 heavy (non-hydrogen) atoms. The zero-order valence-corrected chi connectivity index (χ0v) is 18.0. The Bertz CT molecular complexity index is 1040. The summed E-state index contributed by atoms with van der Waals surface area (Å²) in [6.45, 7) is 6.16. The number of fused-ring (bicyclic) bond motifs is 1. The van der Waals surface area contributed by atoms with Gasteiger partial charge in [0.15, 0.2) is 0 Å². The number of nitrogens with zero attached hydrogens (tertiary/aromatic N) is 2. The third kappa shape index (κ3) is 3.92. The van der Waals surface area contributed by atoms with Gasteiger partial charge in [-0.3, -0.25) is 4.79 Å². The second-order valence-corrected chi connectivity index (χ2v) is 8.58. The molecular formula is C24H29FN4O. The molecule has 1 fully saturated rings. The van der Waals surface area contributed by atoms with Gasteiger partial charge in [0.1, 0.15) is 11.5 Å². The maximum absolute atomic E-state index is 14.1. The van der Waals surface area contributed by atoms with Crippen molar-refractivity contribution in [2.45, 2.75) is 26.3 Å². The molecule has 3 aromatic rings. The Balaban J connectivity index is 1.50. The van der Waals surface area contributed by atoms with Crippen molar-refractivity contribution in [3.8, 4) is 0 Å². The summed E-state index contributed by atoms with van der Waals surface area (Å²) in [5.74, 6) is -0.0403. The number of rotatable bonds is 4. The van der Waals surface area contributed by atoms with Gasteiger partial charge < -0.3 is 20.1 Å². The van der Waals surface area contributed by atoms with Crippen LogP contribution in [0.2, 0.25) is 0 Å². The second kappa shape index (κ2) is 8.11. The third-order valence-corrected chi connectivity index (χ3v) is 6.19. The van der Waals surface area contributed by atoms with Crippen LogP contribution in [0.1, 0.15) is 29.4 Å². The van der Waals surface area contributed by atoms with E-state index in [-0.39, 0.29) is 11.7 Å². The molecule has 0 radical (unpaired) electrons. The van der Waals surface area contributed by atoms with Crippen LogP contribution in [0.25, 0.3) is 10.9 Å². The minimum Gasteiger partial charge on any atom is -0.371 e. The molecule has 5 nitrogen and oxygen atoms in total. The molecule has 1 aliphatic heterocycles. The number of hydrogen-bond acceptors (Lipinski definition) is 3. The number of aromatic amines is 1. The van der Waals surface area contributed by atoms with E-state index >= 15 is 0 Å². The van der Waals surface area contributed by atoms with Crippen molar-refractivity contribution in [1.29, 1.82) is 0 Å². The molecule has 1 aromatic heterocycles. The summed E-state index contributed by atoms with van der Waals surface area (Å²) in [4.78, 5) is 20.5. The van der Waals surface area contributed by atoms with Gasteiger partial charge in [-0.05, 0) is 69.3 Å². The lowest BCUT2D eigenvalue weighted by molar-refractivity contribution is 0.102. The van der Waals surface area contributed by atoms with E-state index < -0.39 is 0 Å². The standard InChI is InChI=1S/C24H29FN4O/c1-15-8-9-20(25)19-13-21(27-23(15)19)24(30)26-17-6-5-7-18(12-17)29-11-10-22(28(3)4)16(2)14-29/h5-9,12-13,16,22,27H,10-11,14H2,1-4H3,(H,26,30)/t16-,22+/m1/s1. The normalized spacial score (nSPS) is 19.5. The van der Waals surface area contributed by atoms with E-state index in [2.05, 4.69) is 47.2 Å². The van der Waals surface area contributed by atoms with Crippen molar-refractivity contribution in [3.05, 3.63) is 59.5 Å². The van der Waals surface area contributed by atoms with Gasteiger partial charge in [0, 0.05) is 35.9 Å². The van der Waals surface area contributed by atoms with E-state index in [4.69, 9.17) is 0 Å². The van der Waals surface area contributed by atoms with E-state index in [1.807, 2.05) is 25.1 Å². The number of amides is 1. The highest BCUT2D eigenvalue weighted by molar-refractivity contribution is 6.06. The average Bonchev–Trinajstić information content (AvgIpc) is 3.18.